The van der Waals surface area contributed by atoms with Gasteiger partial charge in [0.05, 0.1) is 21.6 Å². The monoisotopic (exact) mass is 411 g/mol. The maximum absolute atomic E-state index is 12.8. The van der Waals surface area contributed by atoms with Crippen LogP contribution in [0.3, 0.4) is 0 Å². The van der Waals surface area contributed by atoms with Crippen LogP contribution in [0.2, 0.25) is 5.02 Å². The van der Waals surface area contributed by atoms with E-state index >= 15 is 0 Å². The molecule has 3 heterocycles. The van der Waals surface area contributed by atoms with Crippen molar-refractivity contribution in [1.29, 1.82) is 0 Å². The van der Waals surface area contributed by atoms with E-state index in [0.717, 1.165) is 31.5 Å². The smallest absolute Gasteiger partial charge is 0.261 e. The third-order valence-electron chi connectivity index (χ3n) is 5.29. The molecule has 2 aliphatic rings. The lowest BCUT2D eigenvalue weighted by Gasteiger charge is -2.11. The minimum atomic E-state index is -0.343. The molecule has 2 aromatic carbocycles. The van der Waals surface area contributed by atoms with Crippen molar-refractivity contribution in [2.75, 3.05) is 12.1 Å². The van der Waals surface area contributed by atoms with Gasteiger partial charge in [0.1, 0.15) is 5.82 Å². The molecule has 5 rings (SSSR count). The first-order valence-corrected chi connectivity index (χ1v) is 9.92. The highest BCUT2D eigenvalue weighted by molar-refractivity contribution is 6.34. The number of hydrogen-bond donors (Lipinski definition) is 1. The predicted molar refractivity (Wildman–Crippen MR) is 109 cm³/mol. The maximum atomic E-state index is 12.8. The number of nitrogens with zero attached hydrogens (tertiary/aromatic N) is 2. The SMILES string of the molecule is O=C(Nc1cc2c(cc1Cl)OCO2)c1ccc2c(=O)n3c(nc2c1)CCCCC3. The van der Waals surface area contributed by atoms with Gasteiger partial charge in [0.2, 0.25) is 6.79 Å². The van der Waals surface area contributed by atoms with Gasteiger partial charge in [0, 0.05) is 30.7 Å². The van der Waals surface area contributed by atoms with E-state index < -0.39 is 0 Å². The number of carbonyl (C=O) groups excluding carboxylic acids is 1. The average Bonchev–Trinajstić information content (AvgIpc) is 3.02. The fraction of sp³-hybridized carbons (Fsp3) is 0.286. The normalized spacial score (nSPS) is 15.1. The molecule has 0 saturated carbocycles. The van der Waals surface area contributed by atoms with Crippen molar-refractivity contribution in [3.05, 3.63) is 57.1 Å². The van der Waals surface area contributed by atoms with Crippen LogP contribution in [0, 0.1) is 0 Å². The molecule has 0 atom stereocenters. The first kappa shape index (κ1) is 18.0. The number of amides is 1. The Morgan fingerprint density at radius 1 is 1.10 bits per heavy atom. The Hall–Kier alpha value is -3.06. The second-order valence-corrected chi connectivity index (χ2v) is 7.57. The van der Waals surface area contributed by atoms with Gasteiger partial charge in [-0.1, -0.05) is 18.0 Å². The highest BCUT2D eigenvalue weighted by Gasteiger charge is 2.19. The number of hydrogen-bond acceptors (Lipinski definition) is 5. The van der Waals surface area contributed by atoms with Crippen molar-refractivity contribution in [1.82, 2.24) is 9.55 Å². The molecule has 1 amide bonds. The zero-order chi connectivity index (χ0) is 20.0. The fourth-order valence-corrected chi connectivity index (χ4v) is 3.97. The second kappa shape index (κ2) is 7.08. The van der Waals surface area contributed by atoms with Gasteiger partial charge in [-0.3, -0.25) is 14.2 Å². The molecule has 29 heavy (non-hydrogen) atoms. The van der Waals surface area contributed by atoms with Crippen LogP contribution in [0.15, 0.2) is 35.1 Å². The van der Waals surface area contributed by atoms with Crippen molar-refractivity contribution < 1.29 is 14.3 Å². The summed E-state index contributed by atoms with van der Waals surface area (Å²) < 4.78 is 12.4. The van der Waals surface area contributed by atoms with Gasteiger partial charge < -0.3 is 14.8 Å². The van der Waals surface area contributed by atoms with Crippen molar-refractivity contribution in [2.45, 2.75) is 32.2 Å². The Labute approximate surface area is 171 Å². The molecule has 1 aromatic heterocycles. The van der Waals surface area contributed by atoms with Crippen molar-refractivity contribution in [2.24, 2.45) is 0 Å². The Bertz CT molecular complexity index is 1200. The molecule has 7 nitrogen and oxygen atoms in total. The number of ether oxygens (including phenoxy) is 2. The third kappa shape index (κ3) is 3.21. The molecule has 148 valence electrons. The molecule has 8 heteroatoms. The number of aromatic nitrogens is 2. The lowest BCUT2D eigenvalue weighted by atomic mass is 10.1. The lowest BCUT2D eigenvalue weighted by Crippen LogP contribution is -2.24. The molecule has 3 aromatic rings. The largest absolute Gasteiger partial charge is 0.454 e. The summed E-state index contributed by atoms with van der Waals surface area (Å²) in [6.45, 7) is 0.821. The van der Waals surface area contributed by atoms with E-state index in [1.165, 1.54) is 0 Å². The van der Waals surface area contributed by atoms with E-state index in [1.807, 2.05) is 0 Å². The zero-order valence-corrected chi connectivity index (χ0v) is 16.3. The molecular weight excluding hydrogens is 394 g/mol. The number of carbonyl (C=O) groups is 1. The van der Waals surface area contributed by atoms with Crippen LogP contribution in [0.1, 0.15) is 35.4 Å². The minimum absolute atomic E-state index is 0.0438. The summed E-state index contributed by atoms with van der Waals surface area (Å²) in [5.74, 6) is 1.52. The number of fused-ring (bicyclic) bond motifs is 3. The van der Waals surface area contributed by atoms with Gasteiger partial charge in [-0.25, -0.2) is 4.98 Å². The van der Waals surface area contributed by atoms with Gasteiger partial charge in [-0.15, -0.1) is 0 Å². The van der Waals surface area contributed by atoms with Crippen LogP contribution in [-0.2, 0) is 13.0 Å². The van der Waals surface area contributed by atoms with Gasteiger partial charge in [0.25, 0.3) is 11.5 Å². The Kier molecular flexibility index (Phi) is 4.39. The van der Waals surface area contributed by atoms with Crippen LogP contribution in [0.4, 0.5) is 5.69 Å². The second-order valence-electron chi connectivity index (χ2n) is 7.17. The number of nitrogens with one attached hydrogen (secondary N) is 1. The van der Waals surface area contributed by atoms with Crippen LogP contribution < -0.4 is 20.3 Å². The first-order chi connectivity index (χ1) is 14.1. The molecule has 0 unspecified atom stereocenters. The van der Waals surface area contributed by atoms with Crippen LogP contribution >= 0.6 is 11.6 Å². The summed E-state index contributed by atoms with van der Waals surface area (Å²) in [6.07, 6.45) is 3.86. The van der Waals surface area contributed by atoms with Crippen LogP contribution in [0.25, 0.3) is 10.9 Å². The molecule has 0 spiro atoms. The van der Waals surface area contributed by atoms with Crippen LogP contribution in [-0.4, -0.2) is 22.3 Å². The highest BCUT2D eigenvalue weighted by Crippen LogP contribution is 2.39. The van der Waals surface area contributed by atoms with E-state index in [2.05, 4.69) is 10.3 Å². The van der Waals surface area contributed by atoms with Crippen molar-refractivity contribution in [3.63, 3.8) is 0 Å². The number of rotatable bonds is 2. The number of benzene rings is 2. The molecule has 0 bridgehead atoms. The van der Waals surface area contributed by atoms with Crippen LogP contribution in [0.5, 0.6) is 11.5 Å². The average molecular weight is 412 g/mol. The summed E-state index contributed by atoms with van der Waals surface area (Å²) in [6, 6.07) is 8.19. The Balaban J connectivity index is 1.49. The molecule has 2 aliphatic heterocycles. The maximum Gasteiger partial charge on any atom is 0.261 e. The summed E-state index contributed by atoms with van der Waals surface area (Å²) in [7, 11) is 0. The van der Waals surface area contributed by atoms with Gasteiger partial charge in [-0.05, 0) is 31.0 Å². The highest BCUT2D eigenvalue weighted by atomic mass is 35.5. The van der Waals surface area contributed by atoms with Crippen molar-refractivity contribution >= 4 is 34.1 Å². The predicted octanol–water partition coefficient (Wildman–Crippen LogP) is 3.76. The van der Waals surface area contributed by atoms with E-state index in [0.29, 0.717) is 45.2 Å². The molecule has 0 saturated heterocycles. The molecule has 0 aliphatic carbocycles. The number of aryl methyl sites for hydroxylation is 1. The molecule has 0 fully saturated rings. The lowest BCUT2D eigenvalue weighted by molar-refractivity contribution is 0.102. The third-order valence-corrected chi connectivity index (χ3v) is 5.60. The summed E-state index contributed by atoms with van der Waals surface area (Å²) in [5.41, 5.74) is 1.32. The topological polar surface area (TPSA) is 82.5 Å². The molecule has 1 N–H and O–H groups in total. The quantitative estimate of drug-likeness (QED) is 0.694. The Morgan fingerprint density at radius 2 is 1.93 bits per heavy atom. The van der Waals surface area contributed by atoms with Crippen molar-refractivity contribution in [3.8, 4) is 11.5 Å². The van der Waals surface area contributed by atoms with Gasteiger partial charge in [-0.2, -0.15) is 0 Å². The van der Waals surface area contributed by atoms with Gasteiger partial charge >= 0.3 is 0 Å². The fourth-order valence-electron chi connectivity index (χ4n) is 3.77. The summed E-state index contributed by atoms with van der Waals surface area (Å²) in [4.78, 5) is 30.3. The number of anilines is 1. The zero-order valence-electron chi connectivity index (χ0n) is 15.5. The Morgan fingerprint density at radius 3 is 2.79 bits per heavy atom. The molecular formula is C21H18ClN3O4. The van der Waals surface area contributed by atoms with Gasteiger partial charge in [0.15, 0.2) is 11.5 Å². The summed E-state index contributed by atoms with van der Waals surface area (Å²) in [5, 5.41) is 3.66. The van der Waals surface area contributed by atoms with E-state index in [-0.39, 0.29) is 18.3 Å². The molecule has 0 radical (unpaired) electrons. The first-order valence-electron chi connectivity index (χ1n) is 9.54. The standard InChI is InChI=1S/C21H18ClN3O4/c22-14-9-17-18(29-11-28-17)10-16(14)24-20(26)12-5-6-13-15(8-12)23-19-4-2-1-3-7-25(19)21(13)27/h5-6,8-10H,1-4,7,11H2,(H,24,26). The van der Waals surface area contributed by atoms with E-state index in [4.69, 9.17) is 21.1 Å². The number of halogens is 1. The summed E-state index contributed by atoms with van der Waals surface area (Å²) >= 11 is 6.24. The minimum Gasteiger partial charge on any atom is -0.454 e. The van der Waals surface area contributed by atoms with E-state index in [1.54, 1.807) is 34.9 Å². The van der Waals surface area contributed by atoms with E-state index in [9.17, 15) is 9.59 Å².